The fourth-order valence-corrected chi connectivity index (χ4v) is 8.72. The molecule has 0 bridgehead atoms. The third-order valence-electron chi connectivity index (χ3n) is 8.56. The van der Waals surface area contributed by atoms with Crippen LogP contribution in [0.15, 0.2) is 0 Å². The summed E-state index contributed by atoms with van der Waals surface area (Å²) >= 11 is 1.51. The van der Waals surface area contributed by atoms with Crippen molar-refractivity contribution in [3.05, 3.63) is 0 Å². The van der Waals surface area contributed by atoms with E-state index in [4.69, 9.17) is 0 Å². The highest BCUT2D eigenvalue weighted by molar-refractivity contribution is 8.14. The first kappa shape index (κ1) is 19.8. The van der Waals surface area contributed by atoms with Crippen molar-refractivity contribution in [3.63, 3.8) is 0 Å². The molecule has 0 aromatic rings. The summed E-state index contributed by atoms with van der Waals surface area (Å²) in [7, 11) is 0. The summed E-state index contributed by atoms with van der Waals surface area (Å²) in [6.45, 7) is 10.9. The summed E-state index contributed by atoms with van der Waals surface area (Å²) in [6.07, 6.45) is 10.1. The molecule has 152 valence electrons. The van der Waals surface area contributed by atoms with Crippen LogP contribution in [0.3, 0.4) is 0 Å². The number of thioether (sulfide) groups is 1. The van der Waals surface area contributed by atoms with Gasteiger partial charge in [0, 0.05) is 10.8 Å². The second kappa shape index (κ2) is 6.50. The molecular formula is C23H37NO2S. The van der Waals surface area contributed by atoms with Crippen molar-refractivity contribution < 1.29 is 9.59 Å². The third kappa shape index (κ3) is 3.28. The summed E-state index contributed by atoms with van der Waals surface area (Å²) in [4.78, 5) is 25.7. The van der Waals surface area contributed by atoms with Crippen LogP contribution in [0.5, 0.6) is 0 Å². The molecule has 1 heterocycles. The quantitative estimate of drug-likeness (QED) is 0.626. The van der Waals surface area contributed by atoms with E-state index in [-0.39, 0.29) is 22.0 Å². The molecule has 0 aromatic carbocycles. The zero-order chi connectivity index (χ0) is 19.6. The summed E-state index contributed by atoms with van der Waals surface area (Å²) in [5, 5.41) is 3.60. The van der Waals surface area contributed by atoms with Crippen molar-refractivity contribution in [1.82, 2.24) is 5.32 Å². The van der Waals surface area contributed by atoms with E-state index >= 15 is 0 Å². The topological polar surface area (TPSA) is 46.2 Å². The van der Waals surface area contributed by atoms with Gasteiger partial charge in [0.1, 0.15) is 5.92 Å². The molecule has 4 rings (SSSR count). The van der Waals surface area contributed by atoms with E-state index in [9.17, 15) is 9.59 Å². The first-order valence-corrected chi connectivity index (χ1v) is 11.9. The molecular weight excluding hydrogens is 354 g/mol. The van der Waals surface area contributed by atoms with Gasteiger partial charge in [-0.3, -0.25) is 9.59 Å². The molecule has 1 amide bonds. The molecule has 0 radical (unpaired) electrons. The number of amides is 1. The molecule has 3 nitrogen and oxygen atoms in total. The molecule has 1 saturated heterocycles. The highest BCUT2D eigenvalue weighted by Gasteiger charge is 2.60. The number of carbonyl (C=O) groups is 2. The van der Waals surface area contributed by atoms with E-state index < -0.39 is 5.92 Å². The summed E-state index contributed by atoms with van der Waals surface area (Å²) in [6, 6.07) is 0. The van der Waals surface area contributed by atoms with Crippen LogP contribution < -0.4 is 5.32 Å². The average molecular weight is 392 g/mol. The minimum Gasteiger partial charge on any atom is -0.351 e. The maximum atomic E-state index is 12.9. The molecule has 27 heavy (non-hydrogen) atoms. The molecule has 4 heteroatoms. The number of rotatable bonds is 1. The number of nitrogens with one attached hydrogen (secondary N) is 1. The van der Waals surface area contributed by atoms with Gasteiger partial charge in [0.05, 0.1) is 0 Å². The standard InChI is InChI=1S/C23H37NO2S/c1-21(2,3)24-19(25)15-13-23(5)17-10-12-22(4)11-6-7-16(22)14(17)8-9-18(23)27-20(15)26/h14-18H,6-13H2,1-5H3,(H,24,25)/t14-,15?,16-,17+,18?,22-,23+/m0/s1. The Hall–Kier alpha value is -0.510. The van der Waals surface area contributed by atoms with Gasteiger partial charge in [0.15, 0.2) is 0 Å². The van der Waals surface area contributed by atoms with Gasteiger partial charge in [-0.15, -0.1) is 0 Å². The van der Waals surface area contributed by atoms with Crippen LogP contribution in [0.25, 0.3) is 0 Å². The Morgan fingerprint density at radius 2 is 1.81 bits per heavy atom. The largest absolute Gasteiger partial charge is 0.351 e. The Labute approximate surface area is 169 Å². The Kier molecular flexibility index (Phi) is 4.77. The van der Waals surface area contributed by atoms with E-state index in [0.29, 0.717) is 16.6 Å². The molecule has 4 aliphatic rings. The highest BCUT2D eigenvalue weighted by Crippen LogP contribution is 2.66. The van der Waals surface area contributed by atoms with Crippen molar-refractivity contribution in [1.29, 1.82) is 0 Å². The Bertz CT molecular complexity index is 641. The third-order valence-corrected chi connectivity index (χ3v) is 10.1. The molecule has 1 N–H and O–H groups in total. The SMILES string of the molecule is CC(C)(C)NC(=O)C1C[C@@]2(C)C(CC[C@@H]3[C@H]2CC[C@]2(C)CCC[C@@H]32)SC1=O. The van der Waals surface area contributed by atoms with Gasteiger partial charge in [-0.1, -0.05) is 32.0 Å². The summed E-state index contributed by atoms with van der Waals surface area (Å²) in [5.74, 6) is 1.86. The van der Waals surface area contributed by atoms with Gasteiger partial charge >= 0.3 is 0 Å². The van der Waals surface area contributed by atoms with Gasteiger partial charge in [-0.2, -0.15) is 0 Å². The molecule has 4 fully saturated rings. The molecule has 1 aliphatic heterocycles. The van der Waals surface area contributed by atoms with Gasteiger partial charge in [0.25, 0.3) is 0 Å². The fraction of sp³-hybridized carbons (Fsp3) is 0.913. The molecule has 7 atom stereocenters. The number of carbonyl (C=O) groups excluding carboxylic acids is 2. The van der Waals surface area contributed by atoms with E-state index in [2.05, 4.69) is 19.2 Å². The second-order valence-corrected chi connectivity index (χ2v) is 12.7. The zero-order valence-corrected chi connectivity index (χ0v) is 18.6. The van der Waals surface area contributed by atoms with Crippen LogP contribution in [0, 0.1) is 34.5 Å². The van der Waals surface area contributed by atoms with Crippen LogP contribution in [0.4, 0.5) is 0 Å². The minimum absolute atomic E-state index is 0.0525. The fourth-order valence-electron chi connectivity index (χ4n) is 7.29. The van der Waals surface area contributed by atoms with Crippen LogP contribution >= 0.6 is 11.8 Å². The average Bonchev–Trinajstić information content (AvgIpc) is 2.95. The van der Waals surface area contributed by atoms with Gasteiger partial charge < -0.3 is 5.32 Å². The highest BCUT2D eigenvalue weighted by atomic mass is 32.2. The Morgan fingerprint density at radius 1 is 1.07 bits per heavy atom. The van der Waals surface area contributed by atoms with Crippen LogP contribution in [-0.4, -0.2) is 21.8 Å². The van der Waals surface area contributed by atoms with Crippen LogP contribution in [-0.2, 0) is 9.59 Å². The Morgan fingerprint density at radius 3 is 2.52 bits per heavy atom. The predicted molar refractivity (Wildman–Crippen MR) is 111 cm³/mol. The second-order valence-electron chi connectivity index (χ2n) is 11.5. The van der Waals surface area contributed by atoms with Crippen LogP contribution in [0.2, 0.25) is 0 Å². The normalized spacial score (nSPS) is 47.0. The lowest BCUT2D eigenvalue weighted by Gasteiger charge is -2.60. The zero-order valence-electron chi connectivity index (χ0n) is 17.8. The minimum atomic E-state index is -0.467. The first-order chi connectivity index (χ1) is 12.5. The molecule has 2 unspecified atom stereocenters. The smallest absolute Gasteiger partial charge is 0.231 e. The monoisotopic (exact) mass is 391 g/mol. The number of hydrogen-bond donors (Lipinski definition) is 1. The summed E-state index contributed by atoms with van der Waals surface area (Å²) < 4.78 is 0. The maximum Gasteiger partial charge on any atom is 0.231 e. The van der Waals surface area contributed by atoms with Gasteiger partial charge in [0.2, 0.25) is 11.0 Å². The first-order valence-electron chi connectivity index (χ1n) is 11.1. The van der Waals surface area contributed by atoms with E-state index in [1.54, 1.807) is 0 Å². The van der Waals surface area contributed by atoms with Crippen molar-refractivity contribution >= 4 is 22.8 Å². The molecule has 0 aromatic heterocycles. The van der Waals surface area contributed by atoms with E-state index in [0.717, 1.165) is 24.7 Å². The molecule has 3 aliphatic carbocycles. The predicted octanol–water partition coefficient (Wildman–Crippen LogP) is 5.18. The lowest BCUT2D eigenvalue weighted by atomic mass is 9.49. The summed E-state index contributed by atoms with van der Waals surface area (Å²) in [5.41, 5.74) is 0.404. The number of hydrogen-bond acceptors (Lipinski definition) is 3. The van der Waals surface area contributed by atoms with Crippen LogP contribution in [0.1, 0.15) is 86.0 Å². The lowest BCUT2D eigenvalue weighted by molar-refractivity contribution is -0.136. The molecule has 3 saturated carbocycles. The van der Waals surface area contributed by atoms with Crippen molar-refractivity contribution in [2.75, 3.05) is 0 Å². The van der Waals surface area contributed by atoms with E-state index in [1.807, 2.05) is 20.8 Å². The maximum absolute atomic E-state index is 12.9. The van der Waals surface area contributed by atoms with Gasteiger partial charge in [-0.05, 0) is 94.3 Å². The van der Waals surface area contributed by atoms with Crippen molar-refractivity contribution in [2.45, 2.75) is 96.8 Å². The lowest BCUT2D eigenvalue weighted by Crippen LogP contribution is -2.57. The van der Waals surface area contributed by atoms with Crippen molar-refractivity contribution in [3.8, 4) is 0 Å². The van der Waals surface area contributed by atoms with E-state index in [1.165, 1.54) is 50.3 Å². The number of fused-ring (bicyclic) bond motifs is 5. The van der Waals surface area contributed by atoms with Gasteiger partial charge in [-0.25, -0.2) is 0 Å². The van der Waals surface area contributed by atoms with Crippen molar-refractivity contribution in [2.24, 2.45) is 34.5 Å². The molecule has 0 spiro atoms. The Balaban J connectivity index is 1.58.